The highest BCUT2D eigenvalue weighted by Crippen LogP contribution is 2.22. The van der Waals surface area contributed by atoms with E-state index in [1.807, 2.05) is 25.1 Å². The molecular formula is C19H31N5O2. The standard InChI is InChI=1S/C19H31N5O2/c1-4-24(5-2)16-6-7-17(15(3)14-16)22-19(26)18(25)21-10-13-23-11-8-20-9-12-23/h6-7,14,20H,4-5,8-13H2,1-3H3,(H,21,25)(H,22,26). The number of carbonyl (C=O) groups excluding carboxylic acids is 2. The van der Waals surface area contributed by atoms with Crippen molar-refractivity contribution >= 4 is 23.2 Å². The number of hydrogen-bond acceptors (Lipinski definition) is 5. The molecule has 0 unspecified atom stereocenters. The molecular weight excluding hydrogens is 330 g/mol. The lowest BCUT2D eigenvalue weighted by Crippen LogP contribution is -2.47. The van der Waals surface area contributed by atoms with Crippen molar-refractivity contribution in [1.82, 2.24) is 15.5 Å². The van der Waals surface area contributed by atoms with E-state index in [-0.39, 0.29) is 0 Å². The van der Waals surface area contributed by atoms with Crippen molar-refractivity contribution < 1.29 is 9.59 Å². The molecule has 1 saturated heterocycles. The predicted molar refractivity (Wildman–Crippen MR) is 106 cm³/mol. The smallest absolute Gasteiger partial charge is 0.313 e. The molecule has 1 aromatic rings. The van der Waals surface area contributed by atoms with Gasteiger partial charge in [-0.05, 0) is 44.5 Å². The number of nitrogens with zero attached hydrogens (tertiary/aromatic N) is 2. The van der Waals surface area contributed by atoms with Gasteiger partial charge in [-0.1, -0.05) is 0 Å². The van der Waals surface area contributed by atoms with E-state index in [1.54, 1.807) is 0 Å². The Bertz CT molecular complexity index is 610. The van der Waals surface area contributed by atoms with Gasteiger partial charge in [0.25, 0.3) is 0 Å². The Morgan fingerprint density at radius 1 is 1.15 bits per heavy atom. The van der Waals surface area contributed by atoms with Crippen molar-refractivity contribution in [2.75, 3.05) is 62.6 Å². The Balaban J connectivity index is 1.83. The van der Waals surface area contributed by atoms with Gasteiger partial charge in [0, 0.05) is 63.7 Å². The zero-order valence-electron chi connectivity index (χ0n) is 16.1. The SMILES string of the molecule is CCN(CC)c1ccc(NC(=O)C(=O)NCCN2CCNCC2)c(C)c1. The summed E-state index contributed by atoms with van der Waals surface area (Å²) in [4.78, 5) is 28.6. The number of rotatable bonds is 7. The monoisotopic (exact) mass is 361 g/mol. The number of hydrogen-bond donors (Lipinski definition) is 3. The average Bonchev–Trinajstić information content (AvgIpc) is 2.65. The summed E-state index contributed by atoms with van der Waals surface area (Å²) in [5.74, 6) is -1.21. The van der Waals surface area contributed by atoms with Gasteiger partial charge in [0.2, 0.25) is 0 Å². The van der Waals surface area contributed by atoms with Crippen molar-refractivity contribution in [1.29, 1.82) is 0 Å². The number of carbonyl (C=O) groups is 2. The summed E-state index contributed by atoms with van der Waals surface area (Å²) < 4.78 is 0. The Morgan fingerprint density at radius 2 is 1.85 bits per heavy atom. The molecule has 7 heteroatoms. The van der Waals surface area contributed by atoms with E-state index < -0.39 is 11.8 Å². The van der Waals surface area contributed by atoms with Crippen LogP contribution in [0.5, 0.6) is 0 Å². The van der Waals surface area contributed by atoms with Crippen LogP contribution in [0.15, 0.2) is 18.2 Å². The average molecular weight is 361 g/mol. The first kappa shape index (κ1) is 20.2. The number of benzene rings is 1. The van der Waals surface area contributed by atoms with Crippen molar-refractivity contribution in [3.63, 3.8) is 0 Å². The molecule has 0 spiro atoms. The molecule has 1 aliphatic heterocycles. The lowest BCUT2D eigenvalue weighted by atomic mass is 10.1. The molecule has 26 heavy (non-hydrogen) atoms. The van der Waals surface area contributed by atoms with Crippen molar-refractivity contribution in [3.05, 3.63) is 23.8 Å². The van der Waals surface area contributed by atoms with Gasteiger partial charge in [-0.3, -0.25) is 14.5 Å². The molecule has 0 aliphatic carbocycles. The zero-order chi connectivity index (χ0) is 18.9. The van der Waals surface area contributed by atoms with Gasteiger partial charge >= 0.3 is 11.8 Å². The first-order valence-electron chi connectivity index (χ1n) is 9.43. The van der Waals surface area contributed by atoms with Crippen LogP contribution in [-0.4, -0.2) is 69.1 Å². The van der Waals surface area contributed by atoms with Crippen LogP contribution >= 0.6 is 0 Å². The fourth-order valence-corrected chi connectivity index (χ4v) is 3.10. The number of aryl methyl sites for hydroxylation is 1. The Morgan fingerprint density at radius 3 is 2.46 bits per heavy atom. The van der Waals surface area contributed by atoms with Crippen molar-refractivity contribution in [2.24, 2.45) is 0 Å². The third-order valence-corrected chi connectivity index (χ3v) is 4.72. The number of nitrogens with one attached hydrogen (secondary N) is 3. The van der Waals surface area contributed by atoms with E-state index in [0.717, 1.165) is 57.1 Å². The summed E-state index contributed by atoms with van der Waals surface area (Å²) >= 11 is 0. The minimum Gasteiger partial charge on any atom is -0.372 e. The van der Waals surface area contributed by atoms with E-state index in [1.165, 1.54) is 0 Å². The molecule has 1 fully saturated rings. The predicted octanol–water partition coefficient (Wildman–Crippen LogP) is 0.801. The lowest BCUT2D eigenvalue weighted by Gasteiger charge is -2.27. The van der Waals surface area contributed by atoms with Gasteiger partial charge in [0.1, 0.15) is 0 Å². The van der Waals surface area contributed by atoms with E-state index in [9.17, 15) is 9.59 Å². The second-order valence-electron chi connectivity index (χ2n) is 6.47. The maximum Gasteiger partial charge on any atom is 0.313 e. The largest absolute Gasteiger partial charge is 0.372 e. The van der Waals surface area contributed by atoms with Crippen molar-refractivity contribution in [3.8, 4) is 0 Å². The molecule has 0 aromatic heterocycles. The first-order chi connectivity index (χ1) is 12.5. The van der Waals surface area contributed by atoms with Gasteiger partial charge in [-0.2, -0.15) is 0 Å². The van der Waals surface area contributed by atoms with Crippen LogP contribution in [0.3, 0.4) is 0 Å². The molecule has 144 valence electrons. The minimum atomic E-state index is -0.621. The highest BCUT2D eigenvalue weighted by molar-refractivity contribution is 6.39. The number of piperazine rings is 1. The Kier molecular flexibility index (Phi) is 7.87. The maximum atomic E-state index is 12.1. The minimum absolute atomic E-state index is 0.478. The van der Waals surface area contributed by atoms with E-state index >= 15 is 0 Å². The molecule has 0 atom stereocenters. The molecule has 1 heterocycles. The third-order valence-electron chi connectivity index (χ3n) is 4.72. The summed E-state index contributed by atoms with van der Waals surface area (Å²) in [6.45, 7) is 13.1. The van der Waals surface area contributed by atoms with Crippen LogP contribution < -0.4 is 20.9 Å². The molecule has 2 rings (SSSR count). The topological polar surface area (TPSA) is 76.7 Å². The fourth-order valence-electron chi connectivity index (χ4n) is 3.10. The summed E-state index contributed by atoms with van der Waals surface area (Å²) in [6.07, 6.45) is 0. The Labute approximate surface area is 156 Å². The summed E-state index contributed by atoms with van der Waals surface area (Å²) in [5.41, 5.74) is 2.73. The lowest BCUT2D eigenvalue weighted by molar-refractivity contribution is -0.136. The van der Waals surface area contributed by atoms with E-state index in [2.05, 4.69) is 39.6 Å². The quantitative estimate of drug-likeness (QED) is 0.627. The van der Waals surface area contributed by atoms with Crippen molar-refractivity contribution in [2.45, 2.75) is 20.8 Å². The van der Waals surface area contributed by atoms with E-state index in [4.69, 9.17) is 0 Å². The van der Waals surface area contributed by atoms with Gasteiger partial charge < -0.3 is 20.9 Å². The third kappa shape index (κ3) is 5.71. The molecule has 0 saturated carbocycles. The van der Waals surface area contributed by atoms with Crippen LogP contribution in [0.25, 0.3) is 0 Å². The van der Waals surface area contributed by atoms with Gasteiger partial charge in [-0.15, -0.1) is 0 Å². The van der Waals surface area contributed by atoms with Crippen LogP contribution in [0, 0.1) is 6.92 Å². The highest BCUT2D eigenvalue weighted by Gasteiger charge is 2.16. The van der Waals surface area contributed by atoms with Gasteiger partial charge in [-0.25, -0.2) is 0 Å². The summed E-state index contributed by atoms with van der Waals surface area (Å²) in [6, 6.07) is 5.86. The fraction of sp³-hybridized carbons (Fsp3) is 0.579. The second-order valence-corrected chi connectivity index (χ2v) is 6.47. The van der Waals surface area contributed by atoms with Gasteiger partial charge in [0.05, 0.1) is 0 Å². The molecule has 1 aromatic carbocycles. The van der Waals surface area contributed by atoms with Crippen LogP contribution in [0.2, 0.25) is 0 Å². The van der Waals surface area contributed by atoms with Crippen LogP contribution in [-0.2, 0) is 9.59 Å². The summed E-state index contributed by atoms with van der Waals surface area (Å²) in [7, 11) is 0. The maximum absolute atomic E-state index is 12.1. The highest BCUT2D eigenvalue weighted by atomic mass is 16.2. The molecule has 7 nitrogen and oxygen atoms in total. The number of amides is 2. The number of anilines is 2. The molecule has 0 bridgehead atoms. The molecule has 0 radical (unpaired) electrons. The Hall–Kier alpha value is -2.12. The van der Waals surface area contributed by atoms with E-state index in [0.29, 0.717) is 12.2 Å². The van der Waals surface area contributed by atoms with Crippen LogP contribution in [0.1, 0.15) is 19.4 Å². The molecule has 1 aliphatic rings. The van der Waals surface area contributed by atoms with Crippen LogP contribution in [0.4, 0.5) is 11.4 Å². The zero-order valence-corrected chi connectivity index (χ0v) is 16.1. The molecule has 2 amide bonds. The molecule has 3 N–H and O–H groups in total. The summed E-state index contributed by atoms with van der Waals surface area (Å²) in [5, 5.41) is 8.69. The normalized spacial score (nSPS) is 14.7. The second kappa shape index (κ2) is 10.1. The van der Waals surface area contributed by atoms with Gasteiger partial charge in [0.15, 0.2) is 0 Å². The first-order valence-corrected chi connectivity index (χ1v) is 9.43.